The molecule has 2 nitrogen and oxygen atoms in total. The molecular weight excluding hydrogens is 206 g/mol. The Labute approximate surface area is 94.9 Å². The smallest absolute Gasteiger partial charge is 0.0803 e. The molecule has 0 fully saturated rings. The maximum atomic E-state index is 9.04. The van der Waals surface area contributed by atoms with Gasteiger partial charge in [-0.05, 0) is 5.56 Å². The van der Waals surface area contributed by atoms with Crippen LogP contribution in [-0.4, -0.2) is 22.7 Å². The summed E-state index contributed by atoms with van der Waals surface area (Å²) in [7, 11) is 0. The summed E-state index contributed by atoms with van der Waals surface area (Å²) < 4.78 is 0. The molecule has 0 amide bonds. The minimum Gasteiger partial charge on any atom is -0.395 e. The Morgan fingerprint density at radius 1 is 1.40 bits per heavy atom. The molecule has 0 heterocycles. The van der Waals surface area contributed by atoms with Gasteiger partial charge in [-0.1, -0.05) is 37.3 Å². The highest BCUT2D eigenvalue weighted by atomic mass is 32.2. The molecule has 1 aromatic carbocycles. The van der Waals surface area contributed by atoms with Crippen LogP contribution in [-0.2, 0) is 0 Å². The Balaban J connectivity index is 2.55. The standard InChI is InChI=1S/C12H15NOS/c1-10(8-14)15-9-12(7-13)11-5-3-2-4-6-11/h2-6,10,12,14H,8-9H2,1H3. The van der Waals surface area contributed by atoms with Crippen molar-refractivity contribution >= 4 is 11.8 Å². The van der Waals surface area contributed by atoms with Crippen LogP contribution in [0.2, 0.25) is 0 Å². The summed E-state index contributed by atoms with van der Waals surface area (Å²) in [6.07, 6.45) is 0. The van der Waals surface area contributed by atoms with E-state index in [1.807, 2.05) is 37.3 Å². The van der Waals surface area contributed by atoms with Gasteiger partial charge in [-0.3, -0.25) is 0 Å². The van der Waals surface area contributed by atoms with Gasteiger partial charge < -0.3 is 5.11 Å². The second kappa shape index (κ2) is 6.49. The second-order valence-corrected chi connectivity index (χ2v) is 4.89. The van der Waals surface area contributed by atoms with E-state index < -0.39 is 0 Å². The first kappa shape index (κ1) is 12.1. The summed E-state index contributed by atoms with van der Waals surface area (Å²) in [5, 5.41) is 18.1. The van der Waals surface area contributed by atoms with Gasteiger partial charge in [-0.2, -0.15) is 17.0 Å². The minimum absolute atomic E-state index is 0.0785. The normalized spacial score (nSPS) is 14.2. The summed E-state index contributed by atoms with van der Waals surface area (Å²) in [4.78, 5) is 0. The zero-order valence-corrected chi connectivity index (χ0v) is 9.57. The van der Waals surface area contributed by atoms with Crippen molar-refractivity contribution in [1.82, 2.24) is 0 Å². The number of hydrogen-bond acceptors (Lipinski definition) is 3. The van der Waals surface area contributed by atoms with Crippen molar-refractivity contribution in [3.63, 3.8) is 0 Å². The van der Waals surface area contributed by atoms with E-state index in [0.29, 0.717) is 0 Å². The molecule has 0 aromatic heterocycles. The largest absolute Gasteiger partial charge is 0.395 e. The van der Waals surface area contributed by atoms with Gasteiger partial charge in [0.1, 0.15) is 0 Å². The van der Waals surface area contributed by atoms with Crippen molar-refractivity contribution in [3.8, 4) is 6.07 Å². The highest BCUT2D eigenvalue weighted by molar-refractivity contribution is 7.99. The average molecular weight is 221 g/mol. The highest BCUT2D eigenvalue weighted by Crippen LogP contribution is 2.22. The topological polar surface area (TPSA) is 44.0 Å². The zero-order chi connectivity index (χ0) is 11.1. The highest BCUT2D eigenvalue weighted by Gasteiger charge is 2.11. The fourth-order valence-electron chi connectivity index (χ4n) is 1.21. The summed E-state index contributed by atoms with van der Waals surface area (Å²) in [6.45, 7) is 2.13. The molecule has 0 saturated carbocycles. The molecule has 0 bridgehead atoms. The number of benzene rings is 1. The molecule has 1 rings (SSSR count). The van der Waals surface area contributed by atoms with Crippen LogP contribution in [0.25, 0.3) is 0 Å². The molecule has 0 spiro atoms. The van der Waals surface area contributed by atoms with Crippen LogP contribution < -0.4 is 0 Å². The van der Waals surface area contributed by atoms with Crippen LogP contribution in [0, 0.1) is 11.3 Å². The number of rotatable bonds is 5. The van der Waals surface area contributed by atoms with Crippen molar-refractivity contribution in [2.45, 2.75) is 18.1 Å². The van der Waals surface area contributed by atoms with E-state index in [2.05, 4.69) is 6.07 Å². The number of aliphatic hydroxyl groups is 1. The van der Waals surface area contributed by atoms with Crippen molar-refractivity contribution in [1.29, 1.82) is 5.26 Å². The van der Waals surface area contributed by atoms with Gasteiger partial charge >= 0.3 is 0 Å². The first-order valence-corrected chi connectivity index (χ1v) is 5.99. The van der Waals surface area contributed by atoms with Gasteiger partial charge in [-0.25, -0.2) is 0 Å². The predicted octanol–water partition coefficient (Wildman–Crippen LogP) is 2.41. The minimum atomic E-state index is -0.0785. The van der Waals surface area contributed by atoms with Crippen LogP contribution in [0.5, 0.6) is 0 Å². The summed E-state index contributed by atoms with van der Waals surface area (Å²) in [6, 6.07) is 12.1. The Kier molecular flexibility index (Phi) is 5.23. The van der Waals surface area contributed by atoms with Gasteiger partial charge in [0.05, 0.1) is 18.6 Å². The molecule has 3 heteroatoms. The van der Waals surface area contributed by atoms with E-state index in [-0.39, 0.29) is 17.8 Å². The van der Waals surface area contributed by atoms with Crippen LogP contribution in [0.3, 0.4) is 0 Å². The van der Waals surface area contributed by atoms with E-state index in [4.69, 9.17) is 10.4 Å². The zero-order valence-electron chi connectivity index (χ0n) is 8.76. The SMILES string of the molecule is CC(CO)SCC(C#N)c1ccccc1. The van der Waals surface area contributed by atoms with Crippen molar-refractivity contribution in [3.05, 3.63) is 35.9 Å². The monoisotopic (exact) mass is 221 g/mol. The van der Waals surface area contributed by atoms with Crippen LogP contribution in [0.4, 0.5) is 0 Å². The van der Waals surface area contributed by atoms with Crippen molar-refractivity contribution in [2.75, 3.05) is 12.4 Å². The van der Waals surface area contributed by atoms with E-state index in [0.717, 1.165) is 11.3 Å². The summed E-state index contributed by atoms with van der Waals surface area (Å²) >= 11 is 1.63. The van der Waals surface area contributed by atoms with Gasteiger partial charge in [0.25, 0.3) is 0 Å². The Morgan fingerprint density at radius 3 is 2.60 bits per heavy atom. The van der Waals surface area contributed by atoms with E-state index in [9.17, 15) is 0 Å². The third-order valence-corrected chi connectivity index (χ3v) is 3.41. The van der Waals surface area contributed by atoms with Gasteiger partial charge in [-0.15, -0.1) is 0 Å². The molecule has 0 saturated heterocycles. The Morgan fingerprint density at radius 2 is 2.07 bits per heavy atom. The lowest BCUT2D eigenvalue weighted by atomic mass is 10.0. The first-order valence-electron chi connectivity index (χ1n) is 4.95. The lowest BCUT2D eigenvalue weighted by molar-refractivity contribution is 0.300. The fraction of sp³-hybridized carbons (Fsp3) is 0.417. The molecule has 2 unspecified atom stereocenters. The number of hydrogen-bond donors (Lipinski definition) is 1. The molecule has 15 heavy (non-hydrogen) atoms. The van der Waals surface area contributed by atoms with Crippen LogP contribution >= 0.6 is 11.8 Å². The lowest BCUT2D eigenvalue weighted by Gasteiger charge is -2.11. The molecule has 0 aliphatic heterocycles. The number of aliphatic hydroxyl groups excluding tert-OH is 1. The Bertz CT molecular complexity index is 320. The average Bonchev–Trinajstić information content (AvgIpc) is 2.31. The number of thioether (sulfide) groups is 1. The summed E-state index contributed by atoms with van der Waals surface area (Å²) in [5.41, 5.74) is 1.05. The van der Waals surface area contributed by atoms with Gasteiger partial charge in [0, 0.05) is 11.0 Å². The molecule has 1 N–H and O–H groups in total. The molecule has 80 valence electrons. The van der Waals surface area contributed by atoms with Gasteiger partial charge in [0.15, 0.2) is 0 Å². The first-order chi connectivity index (χ1) is 7.27. The molecule has 0 aliphatic carbocycles. The molecule has 1 aromatic rings. The summed E-state index contributed by atoms with van der Waals surface area (Å²) in [5.74, 6) is 0.660. The van der Waals surface area contributed by atoms with Gasteiger partial charge in [0.2, 0.25) is 0 Å². The third kappa shape index (κ3) is 3.94. The van der Waals surface area contributed by atoms with Crippen LogP contribution in [0.1, 0.15) is 18.4 Å². The molecule has 0 radical (unpaired) electrons. The molecular formula is C12H15NOS. The maximum Gasteiger partial charge on any atom is 0.0803 e. The fourth-order valence-corrected chi connectivity index (χ4v) is 2.10. The quantitative estimate of drug-likeness (QED) is 0.830. The molecule has 0 aliphatic rings. The second-order valence-electron chi connectivity index (χ2n) is 3.42. The van der Waals surface area contributed by atoms with Crippen molar-refractivity contribution in [2.24, 2.45) is 0 Å². The van der Waals surface area contributed by atoms with Crippen molar-refractivity contribution < 1.29 is 5.11 Å². The third-order valence-electron chi connectivity index (χ3n) is 2.16. The Hall–Kier alpha value is -0.980. The predicted molar refractivity (Wildman–Crippen MR) is 63.8 cm³/mol. The lowest BCUT2D eigenvalue weighted by Crippen LogP contribution is -2.07. The maximum absolute atomic E-state index is 9.04. The molecule has 2 atom stereocenters. The van der Waals surface area contributed by atoms with E-state index in [1.54, 1.807) is 11.8 Å². The number of nitriles is 1. The van der Waals surface area contributed by atoms with E-state index in [1.165, 1.54) is 0 Å². The van der Waals surface area contributed by atoms with E-state index >= 15 is 0 Å². The van der Waals surface area contributed by atoms with Crippen LogP contribution in [0.15, 0.2) is 30.3 Å². The number of nitrogens with zero attached hydrogens (tertiary/aromatic N) is 1.